The number of rotatable bonds is 9. The maximum absolute atomic E-state index is 13.4. The minimum atomic E-state index is -2.47. The van der Waals surface area contributed by atoms with Crippen LogP contribution in [0.2, 0.25) is 0 Å². The summed E-state index contributed by atoms with van der Waals surface area (Å²) in [7, 11) is 2.40. The van der Waals surface area contributed by atoms with E-state index in [4.69, 9.17) is 37.9 Å². The molecular weight excluding hydrogens is 836 g/mol. The molecule has 4 rings (SSSR count). The summed E-state index contributed by atoms with van der Waals surface area (Å²) in [5, 5.41) is 47.5. The molecule has 0 unspecified atom stereocenters. The normalized spacial score (nSPS) is 35.8. The first-order valence-electron chi connectivity index (χ1n) is 21.9. The smallest absolute Gasteiger partial charge is 0.331 e. The van der Waals surface area contributed by atoms with Gasteiger partial charge in [0.05, 0.1) is 62.7 Å². The Morgan fingerprint density at radius 2 is 1.56 bits per heavy atom. The molecule has 4 aliphatic rings. The minimum Gasteiger partial charge on any atom is -0.466 e. The van der Waals surface area contributed by atoms with Crippen LogP contribution in [0, 0.1) is 10.8 Å². The van der Waals surface area contributed by atoms with E-state index in [0.717, 1.165) is 32.1 Å². The molecule has 358 valence electrons. The molecule has 0 saturated carbocycles. The summed E-state index contributed by atoms with van der Waals surface area (Å²) in [6.45, 7) is 11.2. The number of carbonyl (C=O) groups is 5. The lowest BCUT2D eigenvalue weighted by Gasteiger charge is -2.53. The van der Waals surface area contributed by atoms with E-state index in [1.807, 2.05) is 13.0 Å². The van der Waals surface area contributed by atoms with Gasteiger partial charge in [0, 0.05) is 56.3 Å². The molecular formula is C47H68O17. The minimum absolute atomic E-state index is 0.0721. The number of aliphatic hydroxyl groups is 4. The van der Waals surface area contributed by atoms with Gasteiger partial charge in [-0.2, -0.15) is 0 Å². The molecule has 0 aliphatic carbocycles. The summed E-state index contributed by atoms with van der Waals surface area (Å²) in [5.74, 6) is -8.31. The monoisotopic (exact) mass is 904 g/mol. The van der Waals surface area contributed by atoms with Gasteiger partial charge in [-0.3, -0.25) is 9.59 Å². The predicted molar refractivity (Wildman–Crippen MR) is 228 cm³/mol. The van der Waals surface area contributed by atoms with Crippen molar-refractivity contribution in [3.05, 3.63) is 59.8 Å². The van der Waals surface area contributed by atoms with Crippen LogP contribution in [0.15, 0.2) is 59.8 Å². The van der Waals surface area contributed by atoms with Gasteiger partial charge in [0.25, 0.3) is 0 Å². The van der Waals surface area contributed by atoms with E-state index in [0.29, 0.717) is 5.57 Å². The first-order valence-corrected chi connectivity index (χ1v) is 21.9. The summed E-state index contributed by atoms with van der Waals surface area (Å²) in [4.78, 5) is 64.7. The zero-order valence-corrected chi connectivity index (χ0v) is 38.5. The standard InChI is InChI=1S/C47H68O17/c1-10-11-12-13-14-15-39(51)62-43-31(22-41(53)58-9)21-34-25-37(28(2)48)61-42(54)24-32(50)23-35-26-38(59-29(3)49)45(6,7)46(55,63-35)27-36-19-30(20-40(52)57-8)18-33(60-36)16-17-44(4,5)47(43,56)64-34/h12-17,20,22,28,32-38,43,48,50,55-56H,10-11,18-19,21,23-27H2,1-9H3/b13-12+,15-14+,17-16-,30-20+,31-22?/t28-,32-,33+,34+,35+,36+,37-,38+,43+,46+,47-/m1/s1. The fraction of sp³-hybridized carbons (Fsp3) is 0.681. The van der Waals surface area contributed by atoms with E-state index >= 15 is 0 Å². The highest BCUT2D eigenvalue weighted by Crippen LogP contribution is 2.50. The van der Waals surface area contributed by atoms with Gasteiger partial charge in [0.2, 0.25) is 5.79 Å². The Morgan fingerprint density at radius 1 is 0.875 bits per heavy atom. The second-order valence-corrected chi connectivity index (χ2v) is 18.3. The Morgan fingerprint density at radius 3 is 2.20 bits per heavy atom. The summed E-state index contributed by atoms with van der Waals surface area (Å²) in [6.07, 6.45) is 2.55. The number of esters is 5. The number of hydrogen-bond donors (Lipinski definition) is 4. The Hall–Kier alpha value is -4.23. The molecule has 17 heteroatoms. The van der Waals surface area contributed by atoms with Crippen molar-refractivity contribution < 1.29 is 82.3 Å². The molecule has 0 radical (unpaired) electrons. The third-order valence-corrected chi connectivity index (χ3v) is 12.4. The quantitative estimate of drug-likeness (QED) is 0.0830. The van der Waals surface area contributed by atoms with Gasteiger partial charge in [-0.15, -0.1) is 0 Å². The van der Waals surface area contributed by atoms with E-state index in [1.54, 1.807) is 45.9 Å². The summed E-state index contributed by atoms with van der Waals surface area (Å²) < 4.78 is 46.7. The molecule has 4 N–H and O–H groups in total. The average Bonchev–Trinajstić information content (AvgIpc) is 3.19. The molecule has 3 saturated heterocycles. The van der Waals surface area contributed by atoms with Gasteiger partial charge in [0.1, 0.15) is 12.2 Å². The van der Waals surface area contributed by atoms with Gasteiger partial charge in [-0.25, -0.2) is 14.4 Å². The van der Waals surface area contributed by atoms with Crippen LogP contribution >= 0.6 is 0 Å². The Labute approximate surface area is 375 Å². The van der Waals surface area contributed by atoms with Crippen LogP contribution in [0.3, 0.4) is 0 Å². The fourth-order valence-corrected chi connectivity index (χ4v) is 8.57. The number of hydrogen-bond acceptors (Lipinski definition) is 17. The maximum atomic E-state index is 13.4. The van der Waals surface area contributed by atoms with Crippen LogP contribution in [-0.2, 0) is 61.9 Å². The van der Waals surface area contributed by atoms with E-state index in [9.17, 15) is 44.4 Å². The molecule has 4 heterocycles. The van der Waals surface area contributed by atoms with Crippen molar-refractivity contribution in [2.24, 2.45) is 10.8 Å². The van der Waals surface area contributed by atoms with Crippen molar-refractivity contribution in [3.8, 4) is 0 Å². The predicted octanol–water partition coefficient (Wildman–Crippen LogP) is 4.28. The largest absolute Gasteiger partial charge is 0.466 e. The van der Waals surface area contributed by atoms with Gasteiger partial charge in [0.15, 0.2) is 11.9 Å². The molecule has 0 spiro atoms. The van der Waals surface area contributed by atoms with Gasteiger partial charge in [-0.1, -0.05) is 77.0 Å². The number of ether oxygens (including phenoxy) is 8. The van der Waals surface area contributed by atoms with Crippen LogP contribution in [0.4, 0.5) is 0 Å². The van der Waals surface area contributed by atoms with E-state index in [-0.39, 0.29) is 50.5 Å². The first-order chi connectivity index (χ1) is 29.9. The molecule has 0 aromatic carbocycles. The SMILES string of the molecule is CCC/C=C/C=C/C(=O)O[C@H]1C(=CC(=O)OC)C[C@H]2C[C@H]([C@@H](C)O)OC(=O)C[C@H](O)C[C@H]3C[C@H](OC(C)=O)C(C)(C)[C@](O)(C[C@@H]4C/C(=C/C(=O)OC)C[C@H](/C=C\C(C)(C)[C@]1(O)O2)O4)O3. The topological polar surface area (TPSA) is 240 Å². The lowest BCUT2D eigenvalue weighted by Crippen LogP contribution is -2.62. The van der Waals surface area contributed by atoms with E-state index < -0.39 is 114 Å². The van der Waals surface area contributed by atoms with Gasteiger partial charge in [-0.05, 0) is 38.2 Å². The Bertz CT molecular complexity index is 1830. The van der Waals surface area contributed by atoms with Crippen LogP contribution in [0.5, 0.6) is 0 Å². The van der Waals surface area contributed by atoms with Crippen molar-refractivity contribution in [1.82, 2.24) is 0 Å². The second kappa shape index (κ2) is 22.3. The highest BCUT2D eigenvalue weighted by Gasteiger charge is 2.59. The number of fused-ring (bicyclic) bond motifs is 6. The summed E-state index contributed by atoms with van der Waals surface area (Å²) >= 11 is 0. The van der Waals surface area contributed by atoms with Crippen molar-refractivity contribution in [3.63, 3.8) is 0 Å². The molecule has 17 nitrogen and oxygen atoms in total. The Balaban J connectivity index is 1.89. The molecule has 6 bridgehead atoms. The van der Waals surface area contributed by atoms with Crippen LogP contribution in [0.25, 0.3) is 0 Å². The number of cyclic esters (lactones) is 1. The number of unbranched alkanes of at least 4 members (excludes halogenated alkanes) is 1. The first kappa shape index (κ1) is 52.4. The highest BCUT2D eigenvalue weighted by molar-refractivity contribution is 5.85. The van der Waals surface area contributed by atoms with Crippen molar-refractivity contribution >= 4 is 29.8 Å². The molecule has 0 aromatic rings. The maximum Gasteiger partial charge on any atom is 0.331 e. The molecule has 11 atom stereocenters. The van der Waals surface area contributed by atoms with Crippen molar-refractivity contribution in [2.75, 3.05) is 14.2 Å². The number of carbonyl (C=O) groups excluding carboxylic acids is 5. The third-order valence-electron chi connectivity index (χ3n) is 12.4. The zero-order chi connectivity index (χ0) is 47.6. The molecule has 0 amide bonds. The van der Waals surface area contributed by atoms with E-state index in [1.165, 1.54) is 33.1 Å². The van der Waals surface area contributed by atoms with E-state index in [2.05, 4.69) is 0 Å². The fourth-order valence-electron chi connectivity index (χ4n) is 8.57. The summed E-state index contributed by atoms with van der Waals surface area (Å²) in [5.41, 5.74) is -2.06. The second-order valence-electron chi connectivity index (χ2n) is 18.3. The zero-order valence-electron chi connectivity index (χ0n) is 38.5. The summed E-state index contributed by atoms with van der Waals surface area (Å²) in [6, 6.07) is 0. The molecule has 4 aliphatic heterocycles. The van der Waals surface area contributed by atoms with Crippen LogP contribution < -0.4 is 0 Å². The van der Waals surface area contributed by atoms with Gasteiger partial charge < -0.3 is 58.3 Å². The average molecular weight is 905 g/mol. The molecule has 64 heavy (non-hydrogen) atoms. The highest BCUT2D eigenvalue weighted by atomic mass is 16.7. The molecule has 3 fully saturated rings. The van der Waals surface area contributed by atoms with Crippen molar-refractivity contribution in [1.29, 1.82) is 0 Å². The number of aliphatic hydroxyl groups excluding tert-OH is 2. The van der Waals surface area contributed by atoms with Gasteiger partial charge >= 0.3 is 29.8 Å². The number of allylic oxidation sites excluding steroid dienone is 3. The van der Waals surface area contributed by atoms with Crippen LogP contribution in [0.1, 0.15) is 113 Å². The Kier molecular flexibility index (Phi) is 18.3. The van der Waals surface area contributed by atoms with Crippen molar-refractivity contribution in [2.45, 2.75) is 179 Å². The molecule has 0 aromatic heterocycles. The van der Waals surface area contributed by atoms with Crippen LogP contribution in [-0.4, -0.2) is 131 Å². The lowest BCUT2D eigenvalue weighted by molar-refractivity contribution is -0.348. The lowest BCUT2D eigenvalue weighted by atomic mass is 9.70. The third kappa shape index (κ3) is 13.4. The number of methoxy groups -OCH3 is 2.